The van der Waals surface area contributed by atoms with Crippen molar-refractivity contribution >= 4 is 41.5 Å². The molecule has 1 aliphatic heterocycles. The van der Waals surface area contributed by atoms with Gasteiger partial charge in [0.1, 0.15) is 11.6 Å². The molecule has 30 heavy (non-hydrogen) atoms. The molecule has 7 nitrogen and oxygen atoms in total. The average molecular weight is 527 g/mol. The molecule has 0 unspecified atom stereocenters. The summed E-state index contributed by atoms with van der Waals surface area (Å²) in [6, 6.07) is 12.7. The van der Waals surface area contributed by atoms with E-state index in [0.29, 0.717) is 31.0 Å². The first-order chi connectivity index (χ1) is 14.0. The Labute approximate surface area is 192 Å². The highest BCUT2D eigenvalue weighted by Gasteiger charge is 2.18. The fourth-order valence-corrected chi connectivity index (χ4v) is 3.17. The van der Waals surface area contributed by atoms with Crippen LogP contribution in [-0.2, 0) is 0 Å². The molecule has 1 aliphatic rings. The van der Waals surface area contributed by atoms with Crippen molar-refractivity contribution in [3.05, 3.63) is 59.9 Å². The molecule has 0 bridgehead atoms. The third kappa shape index (κ3) is 6.75. The summed E-state index contributed by atoms with van der Waals surface area (Å²) in [6.45, 7) is 4.08. The summed E-state index contributed by atoms with van der Waals surface area (Å²) >= 11 is 0. The van der Waals surface area contributed by atoms with Gasteiger partial charge in [0, 0.05) is 50.5 Å². The number of nitrogens with zero attached hydrogens (tertiary/aromatic N) is 3. The van der Waals surface area contributed by atoms with Crippen molar-refractivity contribution in [2.24, 2.45) is 10.7 Å². The summed E-state index contributed by atoms with van der Waals surface area (Å²) in [6.07, 6.45) is 0.667. The molecule has 0 radical (unpaired) electrons. The van der Waals surface area contributed by atoms with Crippen LogP contribution >= 0.6 is 24.0 Å². The second-order valence-electron chi connectivity index (χ2n) is 6.85. The Morgan fingerprint density at radius 1 is 1.13 bits per heavy atom. The highest BCUT2D eigenvalue weighted by atomic mass is 127. The SMILES string of the molecule is I.NC(=NCCCNC(=O)c1cccc(O)c1)N1CCN(c2ccc(F)cc2)CC1. The molecule has 0 atom stereocenters. The van der Waals surface area contributed by atoms with Crippen LogP contribution < -0.4 is 16.0 Å². The number of aliphatic imine (C=N–C) groups is 1. The van der Waals surface area contributed by atoms with E-state index in [4.69, 9.17) is 5.73 Å². The molecule has 0 saturated carbocycles. The summed E-state index contributed by atoms with van der Waals surface area (Å²) in [7, 11) is 0. The zero-order valence-corrected chi connectivity index (χ0v) is 19.0. The van der Waals surface area contributed by atoms with Crippen LogP contribution in [0.25, 0.3) is 0 Å². The average Bonchev–Trinajstić information content (AvgIpc) is 2.74. The topological polar surface area (TPSA) is 94.2 Å². The van der Waals surface area contributed by atoms with Gasteiger partial charge in [-0.25, -0.2) is 4.39 Å². The van der Waals surface area contributed by atoms with E-state index in [0.717, 1.165) is 31.9 Å². The van der Waals surface area contributed by atoms with Crippen molar-refractivity contribution in [2.75, 3.05) is 44.2 Å². The molecule has 1 fully saturated rings. The Balaban J connectivity index is 0.00000320. The van der Waals surface area contributed by atoms with Gasteiger partial charge >= 0.3 is 0 Å². The van der Waals surface area contributed by atoms with E-state index in [9.17, 15) is 14.3 Å². The maximum absolute atomic E-state index is 13.0. The summed E-state index contributed by atoms with van der Waals surface area (Å²) in [5, 5.41) is 12.2. The molecule has 1 saturated heterocycles. The lowest BCUT2D eigenvalue weighted by atomic mass is 10.2. The number of halogens is 2. The Kier molecular flexibility index (Phi) is 9.15. The molecule has 162 valence electrons. The van der Waals surface area contributed by atoms with Crippen LogP contribution in [0.4, 0.5) is 10.1 Å². The number of guanidine groups is 1. The fraction of sp³-hybridized carbons (Fsp3) is 0.333. The lowest BCUT2D eigenvalue weighted by Gasteiger charge is -2.36. The molecule has 3 rings (SSSR count). The number of phenols is 1. The van der Waals surface area contributed by atoms with Crippen molar-refractivity contribution in [3.63, 3.8) is 0 Å². The van der Waals surface area contributed by atoms with E-state index in [1.165, 1.54) is 24.3 Å². The van der Waals surface area contributed by atoms with Gasteiger partial charge in [-0.2, -0.15) is 0 Å². The number of phenolic OH excluding ortho intramolecular Hbond substituents is 1. The van der Waals surface area contributed by atoms with Gasteiger partial charge in [-0.1, -0.05) is 6.07 Å². The van der Waals surface area contributed by atoms with Gasteiger partial charge in [0.05, 0.1) is 0 Å². The molecule has 0 spiro atoms. The summed E-state index contributed by atoms with van der Waals surface area (Å²) < 4.78 is 13.0. The van der Waals surface area contributed by atoms with Gasteiger partial charge in [-0.15, -0.1) is 24.0 Å². The number of carbonyl (C=O) groups excluding carboxylic acids is 1. The number of rotatable bonds is 6. The Hall–Kier alpha value is -2.56. The van der Waals surface area contributed by atoms with Crippen molar-refractivity contribution in [1.82, 2.24) is 10.2 Å². The Morgan fingerprint density at radius 3 is 2.50 bits per heavy atom. The molecular formula is C21H27FIN5O2. The molecular weight excluding hydrogens is 500 g/mol. The van der Waals surface area contributed by atoms with Gasteiger partial charge in [-0.05, 0) is 48.9 Å². The van der Waals surface area contributed by atoms with Gasteiger partial charge in [-0.3, -0.25) is 9.79 Å². The first-order valence-corrected chi connectivity index (χ1v) is 9.65. The van der Waals surface area contributed by atoms with Crippen LogP contribution in [-0.4, -0.2) is 61.1 Å². The molecule has 1 amide bonds. The highest BCUT2D eigenvalue weighted by Crippen LogP contribution is 2.16. The normalized spacial score (nSPS) is 14.2. The number of amides is 1. The Morgan fingerprint density at radius 2 is 1.83 bits per heavy atom. The number of nitrogens with two attached hydrogens (primary N) is 1. The lowest BCUT2D eigenvalue weighted by molar-refractivity contribution is 0.0953. The summed E-state index contributed by atoms with van der Waals surface area (Å²) in [4.78, 5) is 20.6. The predicted octanol–water partition coefficient (Wildman–Crippen LogP) is 2.41. The van der Waals surface area contributed by atoms with Gasteiger partial charge in [0.15, 0.2) is 5.96 Å². The van der Waals surface area contributed by atoms with E-state index in [1.807, 2.05) is 4.90 Å². The minimum atomic E-state index is -0.234. The van der Waals surface area contributed by atoms with E-state index >= 15 is 0 Å². The second kappa shape index (κ2) is 11.6. The first kappa shape index (κ1) is 23.7. The third-order valence-electron chi connectivity index (χ3n) is 4.80. The number of hydrogen-bond acceptors (Lipinski definition) is 4. The molecule has 9 heteroatoms. The lowest BCUT2D eigenvalue weighted by Crippen LogP contribution is -2.51. The molecule has 2 aromatic rings. The second-order valence-corrected chi connectivity index (χ2v) is 6.85. The standard InChI is InChI=1S/C21H26FN5O2.HI/c22-17-5-7-18(8-6-17)26-11-13-27(14-12-26)21(23)25-10-2-9-24-20(29)16-3-1-4-19(28)15-16;/h1,3-8,15,28H,2,9-14H2,(H2,23,25)(H,24,29);1H. The number of benzene rings is 2. The number of aromatic hydroxyl groups is 1. The van der Waals surface area contributed by atoms with Crippen molar-refractivity contribution in [2.45, 2.75) is 6.42 Å². The largest absolute Gasteiger partial charge is 0.508 e. The molecule has 0 aliphatic carbocycles. The van der Waals surface area contributed by atoms with Crippen LogP contribution in [0, 0.1) is 5.82 Å². The van der Waals surface area contributed by atoms with Crippen LogP contribution in [0.2, 0.25) is 0 Å². The number of anilines is 1. The van der Waals surface area contributed by atoms with E-state index < -0.39 is 0 Å². The number of carbonyl (C=O) groups is 1. The number of hydrogen-bond donors (Lipinski definition) is 3. The number of nitrogens with one attached hydrogen (secondary N) is 1. The first-order valence-electron chi connectivity index (χ1n) is 9.65. The molecule has 4 N–H and O–H groups in total. The van der Waals surface area contributed by atoms with Gasteiger partial charge < -0.3 is 26.0 Å². The Bertz CT molecular complexity index is 855. The van der Waals surface area contributed by atoms with Gasteiger partial charge in [0.2, 0.25) is 0 Å². The van der Waals surface area contributed by atoms with E-state index in [1.54, 1.807) is 24.3 Å². The van der Waals surface area contributed by atoms with Crippen molar-refractivity contribution < 1.29 is 14.3 Å². The fourth-order valence-electron chi connectivity index (χ4n) is 3.17. The zero-order chi connectivity index (χ0) is 20.6. The van der Waals surface area contributed by atoms with E-state index in [-0.39, 0.29) is 41.5 Å². The minimum absolute atomic E-state index is 0. The molecule has 2 aromatic carbocycles. The molecule has 1 heterocycles. The summed E-state index contributed by atoms with van der Waals surface area (Å²) in [5.41, 5.74) is 7.52. The van der Waals surface area contributed by atoms with Crippen LogP contribution in [0.15, 0.2) is 53.5 Å². The van der Waals surface area contributed by atoms with Gasteiger partial charge in [0.25, 0.3) is 5.91 Å². The third-order valence-corrected chi connectivity index (χ3v) is 4.80. The monoisotopic (exact) mass is 527 g/mol. The van der Waals surface area contributed by atoms with Crippen molar-refractivity contribution in [3.8, 4) is 5.75 Å². The summed E-state index contributed by atoms with van der Waals surface area (Å²) in [5.74, 6) is 0.106. The highest BCUT2D eigenvalue weighted by molar-refractivity contribution is 14.0. The number of piperazine rings is 1. The maximum Gasteiger partial charge on any atom is 0.251 e. The quantitative estimate of drug-likeness (QED) is 0.232. The minimum Gasteiger partial charge on any atom is -0.508 e. The van der Waals surface area contributed by atoms with E-state index in [2.05, 4.69) is 15.2 Å². The maximum atomic E-state index is 13.0. The molecule has 0 aromatic heterocycles. The van der Waals surface area contributed by atoms with Crippen LogP contribution in [0.3, 0.4) is 0 Å². The smallest absolute Gasteiger partial charge is 0.251 e. The van der Waals surface area contributed by atoms with Crippen LogP contribution in [0.1, 0.15) is 16.8 Å². The van der Waals surface area contributed by atoms with Crippen molar-refractivity contribution in [1.29, 1.82) is 0 Å². The van der Waals surface area contributed by atoms with Crippen LogP contribution in [0.5, 0.6) is 5.75 Å². The zero-order valence-electron chi connectivity index (χ0n) is 16.6. The predicted molar refractivity (Wildman–Crippen MR) is 127 cm³/mol.